The van der Waals surface area contributed by atoms with Gasteiger partial charge in [-0.15, -0.1) is 0 Å². The van der Waals surface area contributed by atoms with Crippen molar-refractivity contribution >= 4 is 39.3 Å². The predicted molar refractivity (Wildman–Crippen MR) is 170 cm³/mol. The summed E-state index contributed by atoms with van der Waals surface area (Å²) in [6, 6.07) is 10.1. The molecule has 0 aliphatic carbocycles. The van der Waals surface area contributed by atoms with Crippen LogP contribution in [0.25, 0.3) is 0 Å². The molecule has 1 saturated heterocycles. The van der Waals surface area contributed by atoms with E-state index >= 15 is 0 Å². The summed E-state index contributed by atoms with van der Waals surface area (Å²) < 4.78 is 45.7. The van der Waals surface area contributed by atoms with E-state index in [9.17, 15) is 22.8 Å². The SMILES string of the molecule is COCCCN1C(C(C(=O)Nc2cc(C(C)(C)C)ccc2OCC(C)C)N2C(=O)OC(C)(C)C2=O)Nc2ccccc2S1(=O)=O. The summed E-state index contributed by atoms with van der Waals surface area (Å²) in [4.78, 5) is 42.2. The van der Waals surface area contributed by atoms with E-state index in [0.29, 0.717) is 22.9 Å². The normalized spacial score (nSPS) is 19.9. The standard InChI is InChI=1S/C32H44N4O8S/c1-20(2)19-43-24-15-14-21(31(3,4)5)18-23(24)34-28(37)26(36-29(38)32(6,7)44-30(36)39)27-33-22-12-9-10-13-25(22)45(40,41)35(27)16-11-17-42-8/h9-10,12-15,18,20,26-27,33H,11,16-17,19H2,1-8H3,(H,34,37). The molecule has 246 valence electrons. The predicted octanol–water partition coefficient (Wildman–Crippen LogP) is 4.56. The minimum Gasteiger partial charge on any atom is -0.491 e. The Hall–Kier alpha value is -3.68. The van der Waals surface area contributed by atoms with Gasteiger partial charge >= 0.3 is 6.09 Å². The molecule has 0 bridgehead atoms. The van der Waals surface area contributed by atoms with Crippen molar-refractivity contribution in [3.63, 3.8) is 0 Å². The molecule has 0 aromatic heterocycles. The number of nitrogens with zero attached hydrogens (tertiary/aromatic N) is 2. The van der Waals surface area contributed by atoms with Crippen LogP contribution in [0.3, 0.4) is 0 Å². The molecular formula is C32H44N4O8S. The van der Waals surface area contributed by atoms with Gasteiger partial charge in [0.2, 0.25) is 10.0 Å². The molecule has 2 heterocycles. The summed E-state index contributed by atoms with van der Waals surface area (Å²) in [5.74, 6) is -0.990. The number of methoxy groups -OCH3 is 1. The van der Waals surface area contributed by atoms with E-state index in [2.05, 4.69) is 10.6 Å². The van der Waals surface area contributed by atoms with Crippen LogP contribution >= 0.6 is 0 Å². The van der Waals surface area contributed by atoms with Gasteiger partial charge < -0.3 is 24.8 Å². The number of amides is 3. The van der Waals surface area contributed by atoms with E-state index < -0.39 is 45.7 Å². The molecule has 3 amide bonds. The molecule has 2 aliphatic rings. The summed E-state index contributed by atoms with van der Waals surface area (Å²) in [6.45, 7) is 13.5. The lowest BCUT2D eigenvalue weighted by Gasteiger charge is -2.42. The maximum absolute atomic E-state index is 14.5. The van der Waals surface area contributed by atoms with Gasteiger partial charge in [0.1, 0.15) is 16.8 Å². The lowest BCUT2D eigenvalue weighted by Crippen LogP contribution is -2.64. The third kappa shape index (κ3) is 7.10. The van der Waals surface area contributed by atoms with Crippen LogP contribution < -0.4 is 15.4 Å². The molecule has 0 saturated carbocycles. The summed E-state index contributed by atoms with van der Waals surface area (Å²) in [6.07, 6.45) is -2.15. The first kappa shape index (κ1) is 34.2. The first-order valence-electron chi connectivity index (χ1n) is 15.0. The second kappa shape index (κ2) is 13.0. The number of cyclic esters (lactones) is 1. The minimum absolute atomic E-state index is 0.00994. The van der Waals surface area contributed by atoms with Crippen molar-refractivity contribution < 1.29 is 37.0 Å². The first-order chi connectivity index (χ1) is 21.0. The number of benzene rings is 2. The molecule has 1 fully saturated rings. The fraction of sp³-hybridized carbons (Fsp3) is 0.531. The highest BCUT2D eigenvalue weighted by Crippen LogP contribution is 2.38. The lowest BCUT2D eigenvalue weighted by molar-refractivity contribution is -0.139. The van der Waals surface area contributed by atoms with Crippen molar-refractivity contribution in [1.82, 2.24) is 9.21 Å². The Morgan fingerprint density at radius 3 is 2.42 bits per heavy atom. The Morgan fingerprint density at radius 2 is 1.82 bits per heavy atom. The number of carbonyl (C=O) groups is 3. The van der Waals surface area contributed by atoms with Crippen molar-refractivity contribution in [1.29, 1.82) is 0 Å². The zero-order chi connectivity index (χ0) is 33.3. The highest BCUT2D eigenvalue weighted by Gasteiger charge is 2.56. The van der Waals surface area contributed by atoms with Crippen LogP contribution in [0.15, 0.2) is 47.4 Å². The average Bonchev–Trinajstić information content (AvgIpc) is 3.15. The third-order valence-corrected chi connectivity index (χ3v) is 9.55. The Kier molecular flexibility index (Phi) is 9.86. The van der Waals surface area contributed by atoms with Crippen LogP contribution in [-0.2, 0) is 34.5 Å². The van der Waals surface area contributed by atoms with E-state index in [1.165, 1.54) is 27.0 Å². The molecule has 4 rings (SSSR count). The van der Waals surface area contributed by atoms with Gasteiger partial charge in [-0.1, -0.05) is 52.8 Å². The zero-order valence-electron chi connectivity index (χ0n) is 27.2. The number of hydrogen-bond donors (Lipinski definition) is 2. The fourth-order valence-electron chi connectivity index (χ4n) is 5.19. The van der Waals surface area contributed by atoms with Crippen molar-refractivity contribution in [2.24, 2.45) is 5.92 Å². The summed E-state index contributed by atoms with van der Waals surface area (Å²) in [5, 5.41) is 6.02. The largest absolute Gasteiger partial charge is 0.491 e. The molecule has 2 aliphatic heterocycles. The molecule has 13 heteroatoms. The number of carbonyl (C=O) groups excluding carboxylic acids is 3. The van der Waals surface area contributed by atoms with Crippen molar-refractivity contribution in [3.8, 4) is 5.75 Å². The number of rotatable bonds is 11. The summed E-state index contributed by atoms with van der Waals surface area (Å²) in [7, 11) is -2.69. The molecular weight excluding hydrogens is 600 g/mol. The maximum Gasteiger partial charge on any atom is 0.418 e. The van der Waals surface area contributed by atoms with E-state index in [1.54, 1.807) is 30.3 Å². The van der Waals surface area contributed by atoms with E-state index in [0.717, 1.165) is 9.87 Å². The topological polar surface area (TPSA) is 144 Å². The van der Waals surface area contributed by atoms with Gasteiger partial charge in [-0.25, -0.2) is 18.1 Å². The minimum atomic E-state index is -4.19. The molecule has 45 heavy (non-hydrogen) atoms. The molecule has 2 atom stereocenters. The number of anilines is 2. The van der Waals surface area contributed by atoms with E-state index in [1.807, 2.05) is 40.7 Å². The third-order valence-electron chi connectivity index (χ3n) is 7.61. The number of imide groups is 1. The van der Waals surface area contributed by atoms with Crippen LogP contribution in [0.4, 0.5) is 16.2 Å². The van der Waals surface area contributed by atoms with Crippen molar-refractivity contribution in [2.75, 3.05) is 37.5 Å². The Bertz CT molecular complexity index is 1550. The number of sulfonamides is 1. The lowest BCUT2D eigenvalue weighted by atomic mass is 9.86. The van der Waals surface area contributed by atoms with Gasteiger partial charge in [-0.3, -0.25) is 9.59 Å². The molecule has 2 N–H and O–H groups in total. The number of para-hydroxylation sites is 1. The number of fused-ring (bicyclic) bond motifs is 1. The Labute approximate surface area is 265 Å². The van der Waals surface area contributed by atoms with E-state index in [-0.39, 0.29) is 41.5 Å². The van der Waals surface area contributed by atoms with Crippen LogP contribution in [0, 0.1) is 5.92 Å². The van der Waals surface area contributed by atoms with Crippen molar-refractivity contribution in [2.45, 2.75) is 83.0 Å². The van der Waals surface area contributed by atoms with Gasteiger partial charge in [0.05, 0.1) is 18.0 Å². The van der Waals surface area contributed by atoms with Gasteiger partial charge in [-0.2, -0.15) is 4.31 Å². The fourth-order valence-corrected chi connectivity index (χ4v) is 6.93. The molecule has 2 aromatic carbocycles. The average molecular weight is 645 g/mol. The molecule has 2 aromatic rings. The summed E-state index contributed by atoms with van der Waals surface area (Å²) in [5.41, 5.74) is -0.396. The first-order valence-corrected chi connectivity index (χ1v) is 16.4. The van der Waals surface area contributed by atoms with E-state index in [4.69, 9.17) is 14.2 Å². The van der Waals surface area contributed by atoms with Crippen LogP contribution in [-0.4, -0.2) is 80.2 Å². The molecule has 12 nitrogen and oxygen atoms in total. The highest BCUT2D eigenvalue weighted by atomic mass is 32.2. The highest BCUT2D eigenvalue weighted by molar-refractivity contribution is 7.89. The Balaban J connectivity index is 1.86. The Morgan fingerprint density at radius 1 is 1.13 bits per heavy atom. The molecule has 2 unspecified atom stereocenters. The van der Waals surface area contributed by atoms with Gasteiger partial charge in [0.15, 0.2) is 11.6 Å². The maximum atomic E-state index is 14.5. The van der Waals surface area contributed by atoms with Gasteiger partial charge in [-0.05, 0) is 61.4 Å². The number of nitrogens with one attached hydrogen (secondary N) is 2. The van der Waals surface area contributed by atoms with Gasteiger partial charge in [0.25, 0.3) is 11.8 Å². The number of ether oxygens (including phenoxy) is 3. The zero-order valence-corrected chi connectivity index (χ0v) is 28.0. The smallest absolute Gasteiger partial charge is 0.418 e. The van der Waals surface area contributed by atoms with Crippen molar-refractivity contribution in [3.05, 3.63) is 48.0 Å². The second-order valence-corrected chi connectivity index (χ2v) is 15.1. The van der Waals surface area contributed by atoms with Gasteiger partial charge in [0, 0.05) is 20.3 Å². The quantitative estimate of drug-likeness (QED) is 0.337. The van der Waals surface area contributed by atoms with Crippen LogP contribution in [0.5, 0.6) is 5.75 Å². The second-order valence-electron chi connectivity index (χ2n) is 13.2. The summed E-state index contributed by atoms with van der Waals surface area (Å²) >= 11 is 0. The molecule has 0 radical (unpaired) electrons. The molecule has 0 spiro atoms. The number of hydrogen-bond acceptors (Lipinski definition) is 9. The monoisotopic (exact) mass is 644 g/mol. The van der Waals surface area contributed by atoms with Crippen LogP contribution in [0.2, 0.25) is 0 Å². The van der Waals surface area contributed by atoms with Crippen LogP contribution in [0.1, 0.15) is 60.5 Å².